The molecule has 0 atom stereocenters. The first-order valence-corrected chi connectivity index (χ1v) is 6.13. The van der Waals surface area contributed by atoms with Crippen LogP contribution in [0, 0.1) is 0 Å². The molecule has 92 valence electrons. The quantitative estimate of drug-likeness (QED) is 0.740. The lowest BCUT2D eigenvalue weighted by molar-refractivity contribution is 0.282. The minimum atomic E-state index is 0.856. The SMILES string of the molecule is CC(C)=CCN1CCN(c2ncccn2)CC1. The first kappa shape index (κ1) is 12.0. The van der Waals surface area contributed by atoms with Crippen molar-refractivity contribution >= 4 is 5.95 Å². The number of anilines is 1. The Morgan fingerprint density at radius 2 is 1.82 bits per heavy atom. The molecule has 1 fully saturated rings. The first-order chi connectivity index (χ1) is 8.25. The summed E-state index contributed by atoms with van der Waals surface area (Å²) in [6.07, 6.45) is 5.89. The number of allylic oxidation sites excluding steroid dienone is 1. The summed E-state index contributed by atoms with van der Waals surface area (Å²) in [4.78, 5) is 13.3. The molecule has 1 aromatic heterocycles. The van der Waals surface area contributed by atoms with Gasteiger partial charge in [0.25, 0.3) is 0 Å². The van der Waals surface area contributed by atoms with Crippen molar-refractivity contribution in [2.75, 3.05) is 37.6 Å². The van der Waals surface area contributed by atoms with Crippen LogP contribution in [0.25, 0.3) is 0 Å². The van der Waals surface area contributed by atoms with Gasteiger partial charge in [0.05, 0.1) is 0 Å². The summed E-state index contributed by atoms with van der Waals surface area (Å²) in [5.74, 6) is 0.856. The molecule has 4 nitrogen and oxygen atoms in total. The van der Waals surface area contributed by atoms with Crippen LogP contribution >= 0.6 is 0 Å². The lowest BCUT2D eigenvalue weighted by Crippen LogP contribution is -2.46. The van der Waals surface area contributed by atoms with Crippen molar-refractivity contribution in [1.29, 1.82) is 0 Å². The Hall–Kier alpha value is -1.42. The van der Waals surface area contributed by atoms with Crippen LogP contribution in [0.2, 0.25) is 0 Å². The molecule has 2 heterocycles. The van der Waals surface area contributed by atoms with Crippen molar-refractivity contribution in [2.24, 2.45) is 0 Å². The predicted molar refractivity (Wildman–Crippen MR) is 70.1 cm³/mol. The molecule has 0 N–H and O–H groups in total. The summed E-state index contributed by atoms with van der Waals surface area (Å²) in [6, 6.07) is 1.86. The largest absolute Gasteiger partial charge is 0.338 e. The second-order valence-electron chi connectivity index (χ2n) is 4.62. The number of rotatable bonds is 3. The fourth-order valence-corrected chi connectivity index (χ4v) is 1.90. The third-order valence-electron chi connectivity index (χ3n) is 2.97. The van der Waals surface area contributed by atoms with Gasteiger partial charge in [0.1, 0.15) is 0 Å². The van der Waals surface area contributed by atoms with Crippen LogP contribution in [-0.4, -0.2) is 47.6 Å². The van der Waals surface area contributed by atoms with Gasteiger partial charge in [0.2, 0.25) is 5.95 Å². The minimum absolute atomic E-state index is 0.856. The molecule has 0 saturated carbocycles. The fraction of sp³-hybridized carbons (Fsp3) is 0.538. The highest BCUT2D eigenvalue weighted by Gasteiger charge is 2.17. The normalized spacial score (nSPS) is 16.9. The van der Waals surface area contributed by atoms with Gasteiger partial charge >= 0.3 is 0 Å². The number of aromatic nitrogens is 2. The number of hydrogen-bond acceptors (Lipinski definition) is 4. The molecule has 0 amide bonds. The molecule has 1 saturated heterocycles. The standard InChI is InChI=1S/C13H20N4/c1-12(2)4-7-16-8-10-17(11-9-16)13-14-5-3-6-15-13/h3-6H,7-11H2,1-2H3. The Labute approximate surface area is 103 Å². The average Bonchev–Trinajstić information content (AvgIpc) is 2.38. The average molecular weight is 232 g/mol. The second kappa shape index (κ2) is 5.77. The molecule has 0 aromatic carbocycles. The smallest absolute Gasteiger partial charge is 0.225 e. The zero-order chi connectivity index (χ0) is 12.1. The van der Waals surface area contributed by atoms with E-state index in [1.54, 1.807) is 12.4 Å². The van der Waals surface area contributed by atoms with Crippen LogP contribution < -0.4 is 4.90 Å². The van der Waals surface area contributed by atoms with Crippen molar-refractivity contribution in [3.63, 3.8) is 0 Å². The Kier molecular flexibility index (Phi) is 4.09. The van der Waals surface area contributed by atoms with Crippen molar-refractivity contribution in [1.82, 2.24) is 14.9 Å². The molecule has 4 heteroatoms. The summed E-state index contributed by atoms with van der Waals surface area (Å²) < 4.78 is 0. The van der Waals surface area contributed by atoms with E-state index < -0.39 is 0 Å². The van der Waals surface area contributed by atoms with E-state index in [9.17, 15) is 0 Å². The number of nitrogens with zero attached hydrogens (tertiary/aromatic N) is 4. The lowest BCUT2D eigenvalue weighted by Gasteiger charge is -2.34. The minimum Gasteiger partial charge on any atom is -0.338 e. The van der Waals surface area contributed by atoms with Crippen LogP contribution in [-0.2, 0) is 0 Å². The Bertz CT molecular complexity index is 362. The van der Waals surface area contributed by atoms with E-state index >= 15 is 0 Å². The van der Waals surface area contributed by atoms with Crippen molar-refractivity contribution in [3.8, 4) is 0 Å². The third kappa shape index (κ3) is 3.53. The van der Waals surface area contributed by atoms with Crippen molar-refractivity contribution < 1.29 is 0 Å². The fourth-order valence-electron chi connectivity index (χ4n) is 1.90. The number of piperazine rings is 1. The van der Waals surface area contributed by atoms with Gasteiger partial charge in [0, 0.05) is 45.1 Å². The van der Waals surface area contributed by atoms with E-state index in [2.05, 4.69) is 39.7 Å². The molecule has 0 unspecified atom stereocenters. The van der Waals surface area contributed by atoms with Gasteiger partial charge in [0.15, 0.2) is 0 Å². The number of hydrogen-bond donors (Lipinski definition) is 0. The molecule has 1 aromatic rings. The zero-order valence-corrected chi connectivity index (χ0v) is 10.6. The van der Waals surface area contributed by atoms with Crippen molar-refractivity contribution in [2.45, 2.75) is 13.8 Å². The highest BCUT2D eigenvalue weighted by Crippen LogP contribution is 2.09. The van der Waals surface area contributed by atoms with Gasteiger partial charge < -0.3 is 4.90 Å². The summed E-state index contributed by atoms with van der Waals surface area (Å²) in [5.41, 5.74) is 1.39. The van der Waals surface area contributed by atoms with Gasteiger partial charge in [-0.25, -0.2) is 9.97 Å². The Morgan fingerprint density at radius 1 is 1.18 bits per heavy atom. The van der Waals surface area contributed by atoms with Gasteiger partial charge in [-0.1, -0.05) is 11.6 Å². The molecule has 0 spiro atoms. The Morgan fingerprint density at radius 3 is 2.41 bits per heavy atom. The maximum absolute atomic E-state index is 4.29. The molecule has 0 aliphatic carbocycles. The van der Waals surface area contributed by atoms with E-state index in [0.717, 1.165) is 38.7 Å². The molecule has 2 rings (SSSR count). The van der Waals surface area contributed by atoms with E-state index in [1.807, 2.05) is 6.07 Å². The molecular weight excluding hydrogens is 212 g/mol. The van der Waals surface area contributed by atoms with Crippen LogP contribution in [0.15, 0.2) is 30.1 Å². The van der Waals surface area contributed by atoms with Crippen molar-refractivity contribution in [3.05, 3.63) is 30.1 Å². The maximum Gasteiger partial charge on any atom is 0.225 e. The van der Waals surface area contributed by atoms with Crippen LogP contribution in [0.4, 0.5) is 5.95 Å². The molecule has 1 aliphatic heterocycles. The monoisotopic (exact) mass is 232 g/mol. The van der Waals surface area contributed by atoms with E-state index in [4.69, 9.17) is 0 Å². The molecular formula is C13H20N4. The summed E-state index contributed by atoms with van der Waals surface area (Å²) >= 11 is 0. The lowest BCUT2D eigenvalue weighted by atomic mass is 10.3. The van der Waals surface area contributed by atoms with Crippen LogP contribution in [0.1, 0.15) is 13.8 Å². The van der Waals surface area contributed by atoms with Gasteiger partial charge in [-0.2, -0.15) is 0 Å². The van der Waals surface area contributed by atoms with E-state index in [0.29, 0.717) is 0 Å². The van der Waals surface area contributed by atoms with Gasteiger partial charge in [-0.05, 0) is 19.9 Å². The molecule has 1 aliphatic rings. The Balaban J connectivity index is 1.84. The zero-order valence-electron chi connectivity index (χ0n) is 10.6. The summed E-state index contributed by atoms with van der Waals surface area (Å²) in [7, 11) is 0. The highest BCUT2D eigenvalue weighted by molar-refractivity contribution is 5.29. The van der Waals surface area contributed by atoms with Crippen LogP contribution in [0.3, 0.4) is 0 Å². The van der Waals surface area contributed by atoms with E-state index in [1.165, 1.54) is 5.57 Å². The molecule has 17 heavy (non-hydrogen) atoms. The van der Waals surface area contributed by atoms with E-state index in [-0.39, 0.29) is 0 Å². The van der Waals surface area contributed by atoms with Crippen LogP contribution in [0.5, 0.6) is 0 Å². The van der Waals surface area contributed by atoms with Gasteiger partial charge in [-0.3, -0.25) is 4.90 Å². The van der Waals surface area contributed by atoms with Gasteiger partial charge in [-0.15, -0.1) is 0 Å². The topological polar surface area (TPSA) is 32.3 Å². The highest BCUT2D eigenvalue weighted by atomic mass is 15.3. The maximum atomic E-state index is 4.29. The summed E-state index contributed by atoms with van der Waals surface area (Å²) in [5, 5.41) is 0. The predicted octanol–water partition coefficient (Wildman–Crippen LogP) is 1.56. The molecule has 0 radical (unpaired) electrons. The summed E-state index contributed by atoms with van der Waals surface area (Å²) in [6.45, 7) is 9.55. The second-order valence-corrected chi connectivity index (χ2v) is 4.62. The third-order valence-corrected chi connectivity index (χ3v) is 2.97. The molecule has 0 bridgehead atoms. The first-order valence-electron chi connectivity index (χ1n) is 6.13.